The monoisotopic (exact) mass is 387 g/mol. The average molecular weight is 387 g/mol. The van der Waals surface area contributed by atoms with Crippen molar-refractivity contribution in [1.29, 1.82) is 0 Å². The molecule has 0 spiro atoms. The van der Waals surface area contributed by atoms with Crippen molar-refractivity contribution in [3.05, 3.63) is 65.2 Å². The molecule has 2 aromatic carbocycles. The van der Waals surface area contributed by atoms with E-state index in [-0.39, 0.29) is 18.9 Å². The second-order valence-electron chi connectivity index (χ2n) is 6.79. The highest BCUT2D eigenvalue weighted by Crippen LogP contribution is 2.33. The van der Waals surface area contributed by atoms with Crippen LogP contribution in [0.4, 0.5) is 0 Å². The smallest absolute Gasteiger partial charge is 0.251 e. The van der Waals surface area contributed by atoms with Crippen LogP contribution in [0, 0.1) is 0 Å². The Labute approximate surface area is 163 Å². The second kappa shape index (κ2) is 9.16. The molecule has 4 N–H and O–H groups in total. The first-order chi connectivity index (χ1) is 13.5. The van der Waals surface area contributed by atoms with Gasteiger partial charge >= 0.3 is 0 Å². The summed E-state index contributed by atoms with van der Waals surface area (Å²) in [6.07, 6.45) is -3.10. The van der Waals surface area contributed by atoms with Gasteiger partial charge < -0.3 is 30.1 Å². The molecule has 0 aromatic heterocycles. The summed E-state index contributed by atoms with van der Waals surface area (Å²) in [6, 6.07) is 14.2. The Morgan fingerprint density at radius 3 is 2.64 bits per heavy atom. The third kappa shape index (κ3) is 4.69. The number of hydrogen-bond donors (Lipinski definition) is 4. The molecule has 7 heteroatoms. The maximum absolute atomic E-state index is 11.6. The maximum atomic E-state index is 11.6. The highest BCUT2D eigenvalue weighted by Gasteiger charge is 2.37. The first kappa shape index (κ1) is 20.3. The fourth-order valence-electron chi connectivity index (χ4n) is 3.19. The van der Waals surface area contributed by atoms with Gasteiger partial charge in [0.15, 0.2) is 0 Å². The predicted molar refractivity (Wildman–Crippen MR) is 102 cm³/mol. The van der Waals surface area contributed by atoms with E-state index in [0.29, 0.717) is 23.5 Å². The number of aliphatic hydroxyl groups is 3. The molecular weight excluding hydrogens is 362 g/mol. The maximum Gasteiger partial charge on any atom is 0.251 e. The highest BCUT2D eigenvalue weighted by molar-refractivity contribution is 5.93. The number of nitrogens with one attached hydrogen (secondary N) is 1. The van der Waals surface area contributed by atoms with Crippen LogP contribution in [0.25, 0.3) is 0 Å². The summed E-state index contributed by atoms with van der Waals surface area (Å²) in [5.41, 5.74) is 2.15. The molecule has 0 bridgehead atoms. The number of carbonyl (C=O) groups is 1. The number of ether oxygens (including phenoxy) is 2. The van der Waals surface area contributed by atoms with Crippen LogP contribution in [0.1, 0.15) is 34.0 Å². The fraction of sp³-hybridized carbons (Fsp3) is 0.381. The molecule has 28 heavy (non-hydrogen) atoms. The van der Waals surface area contributed by atoms with Gasteiger partial charge in [0.25, 0.3) is 5.91 Å². The normalized spacial score (nSPS) is 24.6. The van der Waals surface area contributed by atoms with Crippen LogP contribution >= 0.6 is 0 Å². The van der Waals surface area contributed by atoms with Gasteiger partial charge in [-0.15, -0.1) is 0 Å². The van der Waals surface area contributed by atoms with Gasteiger partial charge in [-0.05, 0) is 35.4 Å². The van der Waals surface area contributed by atoms with Gasteiger partial charge in [0.1, 0.15) is 24.6 Å². The van der Waals surface area contributed by atoms with Crippen LogP contribution in [0.3, 0.4) is 0 Å². The molecule has 1 fully saturated rings. The zero-order chi connectivity index (χ0) is 20.1. The summed E-state index contributed by atoms with van der Waals surface area (Å²) in [6.45, 7) is 0.0932. The molecule has 150 valence electrons. The van der Waals surface area contributed by atoms with Gasteiger partial charge in [-0.25, -0.2) is 0 Å². The molecule has 3 rings (SSSR count). The standard InChI is InChI=1S/C21H25NO6/c1-22-21(26)14-7-5-13(6-8-14)12-27-16-4-2-3-15(9-16)20-19(25)18(24)10-17(11-23)28-20/h2-9,17-20,23-25H,10-12H2,1H3,(H,22,26). The molecule has 1 saturated heterocycles. The quantitative estimate of drug-likeness (QED) is 0.593. The highest BCUT2D eigenvalue weighted by atomic mass is 16.5. The number of amides is 1. The van der Waals surface area contributed by atoms with Crippen LogP contribution in [0.2, 0.25) is 0 Å². The summed E-state index contributed by atoms with van der Waals surface area (Å²) in [7, 11) is 1.58. The minimum absolute atomic E-state index is 0.144. The van der Waals surface area contributed by atoms with Crippen molar-refractivity contribution in [3.8, 4) is 5.75 Å². The van der Waals surface area contributed by atoms with Crippen molar-refractivity contribution in [2.24, 2.45) is 0 Å². The number of carbonyl (C=O) groups excluding carboxylic acids is 1. The van der Waals surface area contributed by atoms with E-state index in [1.54, 1.807) is 43.4 Å². The summed E-state index contributed by atoms with van der Waals surface area (Å²) in [4.78, 5) is 11.6. The summed E-state index contributed by atoms with van der Waals surface area (Å²) < 4.78 is 11.5. The van der Waals surface area contributed by atoms with Gasteiger partial charge in [0.2, 0.25) is 0 Å². The summed E-state index contributed by atoms with van der Waals surface area (Å²) in [5.74, 6) is 0.443. The topological polar surface area (TPSA) is 108 Å². The van der Waals surface area contributed by atoms with Crippen LogP contribution in [-0.4, -0.2) is 53.2 Å². The molecule has 0 radical (unpaired) electrons. The molecule has 0 aliphatic carbocycles. The summed E-state index contributed by atoms with van der Waals surface area (Å²) >= 11 is 0. The minimum Gasteiger partial charge on any atom is -0.489 e. The van der Waals surface area contributed by atoms with Gasteiger partial charge in [-0.2, -0.15) is 0 Å². The lowest BCUT2D eigenvalue weighted by Gasteiger charge is -2.36. The van der Waals surface area contributed by atoms with E-state index in [1.807, 2.05) is 12.1 Å². The lowest BCUT2D eigenvalue weighted by Crippen LogP contribution is -2.44. The Balaban J connectivity index is 1.67. The number of rotatable bonds is 6. The molecule has 1 heterocycles. The Hall–Kier alpha value is -2.45. The van der Waals surface area contributed by atoms with E-state index in [4.69, 9.17) is 9.47 Å². The predicted octanol–water partition coefficient (Wildman–Crippen LogP) is 1.17. The Kier molecular flexibility index (Phi) is 6.64. The van der Waals surface area contributed by atoms with E-state index >= 15 is 0 Å². The minimum atomic E-state index is -1.07. The third-order valence-corrected chi connectivity index (χ3v) is 4.79. The Morgan fingerprint density at radius 1 is 1.21 bits per heavy atom. The Morgan fingerprint density at radius 2 is 1.96 bits per heavy atom. The molecule has 1 aliphatic heterocycles. The van der Waals surface area contributed by atoms with E-state index in [0.717, 1.165) is 5.56 Å². The fourth-order valence-corrected chi connectivity index (χ4v) is 3.19. The zero-order valence-corrected chi connectivity index (χ0v) is 15.6. The van der Waals surface area contributed by atoms with Gasteiger partial charge in [-0.1, -0.05) is 24.3 Å². The van der Waals surface area contributed by atoms with Gasteiger partial charge in [0, 0.05) is 19.0 Å². The van der Waals surface area contributed by atoms with Gasteiger partial charge in [0.05, 0.1) is 18.8 Å². The molecule has 4 atom stereocenters. The summed E-state index contributed by atoms with van der Waals surface area (Å²) in [5, 5.41) is 32.2. The Bertz CT molecular complexity index is 794. The van der Waals surface area contributed by atoms with Crippen molar-refractivity contribution in [2.45, 2.75) is 37.4 Å². The van der Waals surface area contributed by atoms with Gasteiger partial charge in [-0.3, -0.25) is 4.79 Å². The molecule has 2 aromatic rings. The number of hydrogen-bond acceptors (Lipinski definition) is 6. The van der Waals surface area contributed by atoms with Crippen LogP contribution in [0.5, 0.6) is 5.75 Å². The molecule has 1 amide bonds. The van der Waals surface area contributed by atoms with E-state index in [2.05, 4.69) is 5.32 Å². The molecule has 7 nitrogen and oxygen atoms in total. The lowest BCUT2D eigenvalue weighted by atomic mass is 9.93. The van der Waals surface area contributed by atoms with Crippen molar-refractivity contribution in [2.75, 3.05) is 13.7 Å². The molecular formula is C21H25NO6. The SMILES string of the molecule is CNC(=O)c1ccc(COc2cccc(C3OC(CO)CC(O)C3O)c2)cc1. The number of aliphatic hydroxyl groups excluding tert-OH is 3. The first-order valence-corrected chi connectivity index (χ1v) is 9.18. The van der Waals surface area contributed by atoms with Crippen LogP contribution in [0.15, 0.2) is 48.5 Å². The third-order valence-electron chi connectivity index (χ3n) is 4.79. The van der Waals surface area contributed by atoms with Crippen molar-refractivity contribution in [3.63, 3.8) is 0 Å². The van der Waals surface area contributed by atoms with E-state index < -0.39 is 24.4 Å². The van der Waals surface area contributed by atoms with E-state index in [1.165, 1.54) is 0 Å². The first-order valence-electron chi connectivity index (χ1n) is 9.18. The molecule has 4 unspecified atom stereocenters. The van der Waals surface area contributed by atoms with Crippen molar-refractivity contribution in [1.82, 2.24) is 5.32 Å². The van der Waals surface area contributed by atoms with Crippen LogP contribution < -0.4 is 10.1 Å². The largest absolute Gasteiger partial charge is 0.489 e. The van der Waals surface area contributed by atoms with E-state index in [9.17, 15) is 20.1 Å². The second-order valence-corrected chi connectivity index (χ2v) is 6.79. The molecule has 1 aliphatic rings. The van der Waals surface area contributed by atoms with Crippen molar-refractivity contribution < 1.29 is 29.6 Å². The van der Waals surface area contributed by atoms with Crippen molar-refractivity contribution >= 4 is 5.91 Å². The number of benzene rings is 2. The van der Waals surface area contributed by atoms with Crippen LogP contribution in [-0.2, 0) is 11.3 Å². The lowest BCUT2D eigenvalue weighted by molar-refractivity contribution is -0.179. The zero-order valence-electron chi connectivity index (χ0n) is 15.6. The molecule has 0 saturated carbocycles. The average Bonchev–Trinajstić information content (AvgIpc) is 2.74.